The molecule has 8 heteroatoms. The van der Waals surface area contributed by atoms with Crippen molar-refractivity contribution in [3.8, 4) is 0 Å². The van der Waals surface area contributed by atoms with Gasteiger partial charge in [0.1, 0.15) is 5.65 Å². The molecule has 5 rings (SSSR count). The number of fused-ring (bicyclic) bond motifs is 3. The van der Waals surface area contributed by atoms with Crippen LogP contribution in [-0.2, 0) is 11.8 Å². The summed E-state index contributed by atoms with van der Waals surface area (Å²) in [6.45, 7) is 1.17. The van der Waals surface area contributed by atoms with Crippen molar-refractivity contribution in [3.05, 3.63) is 52.4 Å². The van der Waals surface area contributed by atoms with Crippen molar-refractivity contribution in [1.82, 2.24) is 24.5 Å². The fourth-order valence-electron chi connectivity index (χ4n) is 4.45. The second kappa shape index (κ2) is 5.54. The summed E-state index contributed by atoms with van der Waals surface area (Å²) in [5.74, 6) is -1.03. The molecule has 1 atom stereocenters. The highest BCUT2D eigenvalue weighted by Gasteiger charge is 2.45. The summed E-state index contributed by atoms with van der Waals surface area (Å²) >= 11 is 5.93. The number of aromatic nitrogens is 4. The minimum atomic E-state index is -0.666. The van der Waals surface area contributed by atoms with Crippen LogP contribution in [0.15, 0.2) is 24.5 Å². The Bertz CT molecular complexity index is 1030. The lowest BCUT2D eigenvalue weighted by Crippen LogP contribution is -2.48. The Labute approximate surface area is 154 Å². The van der Waals surface area contributed by atoms with Gasteiger partial charge < -0.3 is 4.90 Å². The Morgan fingerprint density at radius 3 is 3.12 bits per heavy atom. The molecule has 1 N–H and O–H groups in total. The lowest BCUT2D eigenvalue weighted by Gasteiger charge is -2.40. The lowest BCUT2D eigenvalue weighted by atomic mass is 9.77. The maximum absolute atomic E-state index is 14.8. The first-order chi connectivity index (χ1) is 12.6. The highest BCUT2D eigenvalue weighted by atomic mass is 35.5. The van der Waals surface area contributed by atoms with Crippen LogP contribution >= 0.6 is 11.6 Å². The van der Waals surface area contributed by atoms with E-state index in [1.165, 1.54) is 16.2 Å². The summed E-state index contributed by atoms with van der Waals surface area (Å²) in [4.78, 5) is 18.9. The fraction of sp³-hybridized carbons (Fsp3) is 0.389. The Hall–Kier alpha value is -2.41. The molecule has 1 amide bonds. The Morgan fingerprint density at radius 2 is 2.23 bits per heavy atom. The van der Waals surface area contributed by atoms with Crippen LogP contribution in [0.3, 0.4) is 0 Å². The van der Waals surface area contributed by atoms with Crippen molar-refractivity contribution >= 4 is 23.2 Å². The average molecular weight is 374 g/mol. The van der Waals surface area contributed by atoms with Crippen LogP contribution in [-0.4, -0.2) is 43.5 Å². The van der Waals surface area contributed by atoms with E-state index in [1.807, 2.05) is 6.20 Å². The van der Waals surface area contributed by atoms with Gasteiger partial charge in [-0.05, 0) is 43.4 Å². The lowest BCUT2D eigenvalue weighted by molar-refractivity contribution is 0.0622. The zero-order chi connectivity index (χ0) is 17.9. The van der Waals surface area contributed by atoms with Crippen molar-refractivity contribution in [2.75, 3.05) is 13.1 Å². The molecule has 1 fully saturated rings. The van der Waals surface area contributed by atoms with Gasteiger partial charge in [0.25, 0.3) is 5.91 Å². The van der Waals surface area contributed by atoms with Gasteiger partial charge in [-0.25, -0.2) is 4.98 Å². The van der Waals surface area contributed by atoms with Crippen LogP contribution in [0.5, 0.6) is 0 Å². The number of carbonyl (C=O) groups is 1. The van der Waals surface area contributed by atoms with Gasteiger partial charge in [-0.15, -0.1) is 0 Å². The van der Waals surface area contributed by atoms with Crippen LogP contribution in [0.2, 0.25) is 5.02 Å². The monoisotopic (exact) mass is 373 g/mol. The molecule has 0 saturated carbocycles. The third kappa shape index (κ3) is 2.19. The van der Waals surface area contributed by atoms with E-state index in [9.17, 15) is 9.18 Å². The summed E-state index contributed by atoms with van der Waals surface area (Å²) in [5, 5.41) is 7.67. The van der Waals surface area contributed by atoms with Gasteiger partial charge in [-0.3, -0.25) is 14.3 Å². The Balaban J connectivity index is 1.49. The molecule has 134 valence electrons. The van der Waals surface area contributed by atoms with Crippen LogP contribution in [0.4, 0.5) is 4.39 Å². The highest BCUT2D eigenvalue weighted by Crippen LogP contribution is 2.44. The maximum Gasteiger partial charge on any atom is 0.277 e. The first kappa shape index (κ1) is 15.8. The zero-order valence-electron chi connectivity index (χ0n) is 14.0. The number of hydrogen-bond donors (Lipinski definition) is 1. The number of likely N-dealkylation sites (tertiary alicyclic amines) is 1. The summed E-state index contributed by atoms with van der Waals surface area (Å²) in [6, 6.07) is 3.24. The number of halogens is 2. The van der Waals surface area contributed by atoms with Crippen LogP contribution < -0.4 is 0 Å². The molecule has 3 aromatic heterocycles. The third-order valence-electron chi connectivity index (χ3n) is 5.71. The van der Waals surface area contributed by atoms with E-state index >= 15 is 0 Å². The average Bonchev–Trinajstić information content (AvgIpc) is 3.32. The van der Waals surface area contributed by atoms with Crippen molar-refractivity contribution in [2.45, 2.75) is 31.1 Å². The van der Waals surface area contributed by atoms with E-state index in [0.29, 0.717) is 23.8 Å². The van der Waals surface area contributed by atoms with Crippen molar-refractivity contribution in [1.29, 1.82) is 0 Å². The Morgan fingerprint density at radius 1 is 1.35 bits per heavy atom. The highest BCUT2D eigenvalue weighted by molar-refractivity contribution is 6.30. The zero-order valence-corrected chi connectivity index (χ0v) is 14.8. The predicted molar refractivity (Wildman–Crippen MR) is 93.9 cm³/mol. The van der Waals surface area contributed by atoms with E-state index in [4.69, 9.17) is 11.6 Å². The van der Waals surface area contributed by atoms with Crippen molar-refractivity contribution in [3.63, 3.8) is 0 Å². The summed E-state index contributed by atoms with van der Waals surface area (Å²) in [5.41, 5.74) is 2.49. The molecule has 1 spiro atoms. The van der Waals surface area contributed by atoms with E-state index in [1.54, 1.807) is 17.0 Å². The van der Waals surface area contributed by atoms with Gasteiger partial charge in [0.05, 0.1) is 11.2 Å². The summed E-state index contributed by atoms with van der Waals surface area (Å²) in [7, 11) is 0. The van der Waals surface area contributed by atoms with E-state index in [0.717, 1.165) is 31.4 Å². The molecular formula is C18H17ClFN5O. The minimum absolute atomic E-state index is 0.0985. The number of hydrogen-bond acceptors (Lipinski definition) is 3. The number of aryl methyl sites for hydroxylation is 1. The van der Waals surface area contributed by atoms with Crippen LogP contribution in [0.1, 0.15) is 41.0 Å². The molecule has 0 bridgehead atoms. The quantitative estimate of drug-likeness (QED) is 0.713. The molecule has 1 aliphatic carbocycles. The van der Waals surface area contributed by atoms with Gasteiger partial charge in [0.2, 0.25) is 5.95 Å². The number of nitrogens with zero attached hydrogens (tertiary/aromatic N) is 4. The van der Waals surface area contributed by atoms with E-state index in [-0.39, 0.29) is 17.0 Å². The molecule has 1 unspecified atom stereocenters. The molecule has 2 aliphatic rings. The molecule has 4 heterocycles. The molecular weight excluding hydrogens is 357 g/mol. The number of piperidine rings is 1. The topological polar surface area (TPSA) is 66.3 Å². The Kier molecular flexibility index (Phi) is 3.37. The normalized spacial score (nSPS) is 22.3. The van der Waals surface area contributed by atoms with Crippen LogP contribution in [0, 0.1) is 5.95 Å². The van der Waals surface area contributed by atoms with E-state index in [2.05, 4.69) is 15.2 Å². The molecule has 0 radical (unpaired) electrons. The first-order valence-corrected chi connectivity index (χ1v) is 9.10. The molecule has 1 saturated heterocycles. The van der Waals surface area contributed by atoms with Crippen molar-refractivity contribution < 1.29 is 9.18 Å². The standard InChI is InChI=1S/C18H17ClFN5O/c19-12-2-3-13-22-14(16(20)25(13)9-12)17(26)24-7-1-5-18(10-24)6-4-11-8-21-23-15(11)18/h2-3,8-9H,1,4-7,10H2,(H,21,23). The number of aromatic amines is 1. The number of rotatable bonds is 1. The van der Waals surface area contributed by atoms with Gasteiger partial charge in [-0.1, -0.05) is 11.6 Å². The minimum Gasteiger partial charge on any atom is -0.336 e. The van der Waals surface area contributed by atoms with Gasteiger partial charge in [-0.2, -0.15) is 9.49 Å². The predicted octanol–water partition coefficient (Wildman–Crippen LogP) is 2.97. The maximum atomic E-state index is 14.8. The van der Waals surface area contributed by atoms with Gasteiger partial charge >= 0.3 is 0 Å². The molecule has 1 aliphatic heterocycles. The molecule has 3 aromatic rings. The second-order valence-corrected chi connectivity index (χ2v) is 7.64. The molecule has 6 nitrogen and oxygen atoms in total. The molecule has 0 aromatic carbocycles. The van der Waals surface area contributed by atoms with Gasteiger partial charge in [0, 0.05) is 30.4 Å². The third-order valence-corrected chi connectivity index (χ3v) is 5.94. The second-order valence-electron chi connectivity index (χ2n) is 7.21. The van der Waals surface area contributed by atoms with Crippen molar-refractivity contribution in [2.24, 2.45) is 0 Å². The number of carbonyl (C=O) groups excluding carboxylic acids is 1. The largest absolute Gasteiger partial charge is 0.336 e. The van der Waals surface area contributed by atoms with Gasteiger partial charge in [0.15, 0.2) is 5.69 Å². The molecule has 26 heavy (non-hydrogen) atoms. The number of amides is 1. The number of pyridine rings is 1. The SMILES string of the molecule is O=C(c1nc2ccc(Cl)cn2c1F)N1CCCC2(CCc3cn[nH]c32)C1. The number of H-pyrrole nitrogens is 1. The van der Waals surface area contributed by atoms with E-state index < -0.39 is 5.95 Å². The summed E-state index contributed by atoms with van der Waals surface area (Å²) in [6.07, 6.45) is 7.15. The fourth-order valence-corrected chi connectivity index (χ4v) is 4.61. The smallest absolute Gasteiger partial charge is 0.277 e. The van der Waals surface area contributed by atoms with Crippen LogP contribution in [0.25, 0.3) is 5.65 Å². The summed E-state index contributed by atoms with van der Waals surface area (Å²) < 4.78 is 16.0. The first-order valence-electron chi connectivity index (χ1n) is 8.72. The number of nitrogens with one attached hydrogen (secondary N) is 1. The number of imidazole rings is 1.